The minimum Gasteiger partial charge on any atom is -0.496 e. The number of hydrogen-bond donors (Lipinski definition) is 0. The lowest BCUT2D eigenvalue weighted by Gasteiger charge is -2.02. The Morgan fingerprint density at radius 1 is 0.938 bits per heavy atom. The summed E-state index contributed by atoms with van der Waals surface area (Å²) in [6.07, 6.45) is 0. The average molecular weight is 258 g/mol. The highest BCUT2D eigenvalue weighted by Crippen LogP contribution is 2.18. The zero-order valence-electron chi connectivity index (χ0n) is 8.84. The second-order valence-corrected chi connectivity index (χ2v) is 3.53. The van der Waals surface area contributed by atoms with Gasteiger partial charge in [-0.2, -0.15) is 0 Å². The van der Waals surface area contributed by atoms with Crippen molar-refractivity contribution in [3.8, 4) is 11.5 Å². The van der Waals surface area contributed by atoms with Crippen LogP contribution in [0.15, 0.2) is 18.2 Å². The fraction of sp³-hybridized carbons (Fsp3) is 0.250. The molecule has 0 fully saturated rings. The van der Waals surface area contributed by atoms with Crippen LogP contribution in [0.25, 0.3) is 0 Å². The molecule has 0 radical (unpaired) electrons. The Morgan fingerprint density at radius 2 is 1.25 bits per heavy atom. The Hall–Kier alpha value is -0.965. The summed E-state index contributed by atoms with van der Waals surface area (Å²) in [5, 5.41) is 1.17. The van der Waals surface area contributed by atoms with Crippen molar-refractivity contribution in [2.75, 3.05) is 14.2 Å². The van der Waals surface area contributed by atoms with E-state index in [1.165, 1.54) is 5.30 Å². The Bertz CT molecular complexity index is 304. The molecule has 2 nitrogen and oxygen atoms in total. The van der Waals surface area contributed by atoms with Gasteiger partial charge in [-0.05, 0) is 0 Å². The van der Waals surface area contributed by atoms with Crippen molar-refractivity contribution in [2.45, 2.75) is 0 Å². The maximum atomic E-state index is 9.75. The van der Waals surface area contributed by atoms with Crippen LogP contribution in [0.2, 0.25) is 0 Å². The topological polar surface area (TPSA) is 18.5 Å². The molecule has 0 amide bonds. The standard InChI is InChI=1S/C8H11O2P.BF4/c1-9-6-3-7(10-2)5-8(11)4-6;2-1(3,4)5/h3-5H,11H2,1-2H3;/q;-1/p+1. The third-order valence-electron chi connectivity index (χ3n) is 1.41. The highest BCUT2D eigenvalue weighted by Gasteiger charge is 2.20. The quantitative estimate of drug-likeness (QED) is 0.460. The van der Waals surface area contributed by atoms with Crippen molar-refractivity contribution < 1.29 is 26.7 Å². The molecule has 0 bridgehead atoms. The van der Waals surface area contributed by atoms with Crippen molar-refractivity contribution in [3.05, 3.63) is 18.2 Å². The van der Waals surface area contributed by atoms with Gasteiger partial charge in [0.2, 0.25) is 0 Å². The van der Waals surface area contributed by atoms with Crippen LogP contribution >= 0.6 is 9.24 Å². The average Bonchev–Trinajstić information content (AvgIpc) is 2.14. The first-order valence-corrected chi connectivity index (χ1v) is 4.89. The number of halogens is 4. The minimum absolute atomic E-state index is 0.842. The van der Waals surface area contributed by atoms with Crippen molar-refractivity contribution in [1.29, 1.82) is 0 Å². The molecule has 0 aliphatic carbocycles. The molecule has 1 unspecified atom stereocenters. The van der Waals surface area contributed by atoms with Crippen LogP contribution in [0, 0.1) is 0 Å². The Labute approximate surface area is 93.2 Å². The summed E-state index contributed by atoms with van der Waals surface area (Å²) < 4.78 is 49.1. The van der Waals surface area contributed by atoms with E-state index in [1.54, 1.807) is 14.2 Å². The van der Waals surface area contributed by atoms with Gasteiger partial charge in [0.1, 0.15) is 11.5 Å². The smallest absolute Gasteiger partial charge is 0.496 e. The number of ether oxygens (including phenoxy) is 2. The molecule has 0 spiro atoms. The summed E-state index contributed by atoms with van der Waals surface area (Å²) in [5.74, 6) is 1.68. The molecule has 1 rings (SSSR count). The van der Waals surface area contributed by atoms with Gasteiger partial charge in [0.25, 0.3) is 0 Å². The van der Waals surface area contributed by atoms with Gasteiger partial charge < -0.3 is 26.7 Å². The summed E-state index contributed by atoms with van der Waals surface area (Å²) in [5.41, 5.74) is 0. The van der Waals surface area contributed by atoms with Gasteiger partial charge in [0.05, 0.1) is 19.5 Å². The number of methoxy groups -OCH3 is 2. The number of rotatable bonds is 2. The summed E-state index contributed by atoms with van der Waals surface area (Å²) in [7, 11) is -0.892. The number of hydrogen-bond acceptors (Lipinski definition) is 2. The molecule has 0 aromatic heterocycles. The van der Waals surface area contributed by atoms with Gasteiger partial charge in [0, 0.05) is 27.4 Å². The minimum atomic E-state index is -6.00. The maximum Gasteiger partial charge on any atom is 0.673 e. The van der Waals surface area contributed by atoms with Crippen LogP contribution in [0.1, 0.15) is 0 Å². The van der Waals surface area contributed by atoms with Crippen LogP contribution in [0.4, 0.5) is 17.3 Å². The fourth-order valence-corrected chi connectivity index (χ4v) is 1.27. The third kappa shape index (κ3) is 8.35. The van der Waals surface area contributed by atoms with Crippen LogP contribution in [0.3, 0.4) is 0 Å². The highest BCUT2D eigenvalue weighted by atomic mass is 31.0. The van der Waals surface area contributed by atoms with E-state index in [-0.39, 0.29) is 0 Å². The summed E-state index contributed by atoms with van der Waals surface area (Å²) in [4.78, 5) is 0. The lowest BCUT2D eigenvalue weighted by atomic mass is 10.3. The van der Waals surface area contributed by atoms with E-state index in [4.69, 9.17) is 9.47 Å². The fourth-order valence-electron chi connectivity index (χ4n) is 0.866. The number of benzene rings is 1. The SMILES string of the molecule is COc1cc([PH3+])cc(OC)c1.F[B-](F)(F)F. The van der Waals surface area contributed by atoms with E-state index in [1.807, 2.05) is 27.4 Å². The van der Waals surface area contributed by atoms with E-state index in [0.29, 0.717) is 0 Å². The van der Waals surface area contributed by atoms with E-state index < -0.39 is 7.25 Å². The molecule has 1 aromatic rings. The van der Waals surface area contributed by atoms with Crippen LogP contribution in [-0.4, -0.2) is 21.5 Å². The predicted molar refractivity (Wildman–Crippen MR) is 60.5 cm³/mol. The zero-order valence-corrected chi connectivity index (χ0v) is 10.3. The van der Waals surface area contributed by atoms with E-state index in [9.17, 15) is 17.3 Å². The molecule has 16 heavy (non-hydrogen) atoms. The Kier molecular flexibility index (Phi) is 6.18. The molecule has 0 aliphatic heterocycles. The van der Waals surface area contributed by atoms with Gasteiger partial charge in [-0.3, -0.25) is 0 Å². The molecular formula is C8H12BF4O2P. The van der Waals surface area contributed by atoms with Crippen LogP contribution in [-0.2, 0) is 0 Å². The van der Waals surface area contributed by atoms with E-state index >= 15 is 0 Å². The molecule has 0 heterocycles. The molecule has 8 heteroatoms. The first-order chi connectivity index (χ1) is 7.26. The molecule has 0 N–H and O–H groups in total. The maximum absolute atomic E-state index is 9.75. The Morgan fingerprint density at radius 3 is 1.50 bits per heavy atom. The van der Waals surface area contributed by atoms with Gasteiger partial charge in [-0.15, -0.1) is 0 Å². The van der Waals surface area contributed by atoms with Gasteiger partial charge in [-0.1, -0.05) is 0 Å². The lowest BCUT2D eigenvalue weighted by molar-refractivity contribution is 0.368. The first kappa shape index (κ1) is 15.0. The molecule has 1 atom stereocenters. The highest BCUT2D eigenvalue weighted by molar-refractivity contribution is 7.27. The predicted octanol–water partition coefficient (Wildman–Crippen LogP) is 2.24. The van der Waals surface area contributed by atoms with E-state index in [2.05, 4.69) is 0 Å². The lowest BCUT2D eigenvalue weighted by Crippen LogP contribution is -2.02. The van der Waals surface area contributed by atoms with Crippen molar-refractivity contribution in [2.24, 2.45) is 0 Å². The second kappa shape index (κ2) is 6.58. The molecule has 1 aromatic carbocycles. The van der Waals surface area contributed by atoms with Crippen LogP contribution in [0.5, 0.6) is 11.5 Å². The van der Waals surface area contributed by atoms with Crippen molar-refractivity contribution >= 4 is 21.8 Å². The molecule has 92 valence electrons. The van der Waals surface area contributed by atoms with Gasteiger partial charge in [0.15, 0.2) is 0 Å². The summed E-state index contributed by atoms with van der Waals surface area (Å²) in [6, 6.07) is 5.80. The largest absolute Gasteiger partial charge is 0.673 e. The van der Waals surface area contributed by atoms with Crippen LogP contribution < -0.4 is 14.8 Å². The summed E-state index contributed by atoms with van der Waals surface area (Å²) in [6.45, 7) is 0. The molecule has 0 saturated heterocycles. The van der Waals surface area contributed by atoms with Crippen molar-refractivity contribution in [1.82, 2.24) is 0 Å². The van der Waals surface area contributed by atoms with Crippen molar-refractivity contribution in [3.63, 3.8) is 0 Å². The first-order valence-electron chi connectivity index (χ1n) is 4.18. The molecular weight excluding hydrogens is 246 g/mol. The third-order valence-corrected chi connectivity index (χ3v) is 1.82. The molecule has 0 aliphatic rings. The van der Waals surface area contributed by atoms with Gasteiger partial charge in [-0.25, -0.2) is 0 Å². The second-order valence-electron chi connectivity index (χ2n) is 2.72. The molecule has 0 saturated carbocycles. The monoisotopic (exact) mass is 258 g/mol. The summed E-state index contributed by atoms with van der Waals surface area (Å²) >= 11 is 0. The normalized spacial score (nSPS) is 10.4. The van der Waals surface area contributed by atoms with Gasteiger partial charge >= 0.3 is 7.25 Å². The Balaban J connectivity index is 0.000000385. The zero-order chi connectivity index (χ0) is 12.8. The van der Waals surface area contributed by atoms with E-state index in [0.717, 1.165) is 11.5 Å².